The molecule has 84 valence electrons. The molecule has 0 aliphatic heterocycles. The maximum Gasteiger partial charge on any atom is 0.100 e. The Bertz CT molecular complexity index is 442. The van der Waals surface area contributed by atoms with E-state index in [-0.39, 0.29) is 5.54 Å². The lowest BCUT2D eigenvalue weighted by atomic mass is 9.98. The smallest absolute Gasteiger partial charge is 0.100 e. The zero-order valence-corrected chi connectivity index (χ0v) is 11.1. The van der Waals surface area contributed by atoms with Gasteiger partial charge < -0.3 is 5.32 Å². The quantitative estimate of drug-likeness (QED) is 0.910. The summed E-state index contributed by atoms with van der Waals surface area (Å²) >= 11 is 3.40. The number of halogens is 1. The molecule has 0 spiro atoms. The van der Waals surface area contributed by atoms with Crippen LogP contribution in [0.1, 0.15) is 32.3 Å². The molecule has 1 aliphatic carbocycles. The third-order valence-corrected chi connectivity index (χ3v) is 3.81. The van der Waals surface area contributed by atoms with Crippen LogP contribution in [0.15, 0.2) is 22.7 Å². The van der Waals surface area contributed by atoms with Gasteiger partial charge in [0.05, 0.1) is 5.56 Å². The molecular weight excluding hydrogens is 264 g/mol. The van der Waals surface area contributed by atoms with Crippen LogP contribution in [-0.2, 0) is 0 Å². The first-order valence-corrected chi connectivity index (χ1v) is 6.30. The van der Waals surface area contributed by atoms with Crippen LogP contribution >= 0.6 is 15.9 Å². The zero-order valence-electron chi connectivity index (χ0n) is 9.55. The molecule has 1 N–H and O–H groups in total. The fourth-order valence-electron chi connectivity index (χ4n) is 1.96. The fourth-order valence-corrected chi connectivity index (χ4v) is 2.43. The second kappa shape index (κ2) is 4.10. The number of nitriles is 1. The van der Waals surface area contributed by atoms with E-state index in [0.29, 0.717) is 5.56 Å². The first-order chi connectivity index (χ1) is 7.53. The standard InChI is InChI=1S/C13H15BrN2/c1-13(2,10-4-5-10)16-11-6-3-9(8-15)12(14)7-11/h3,6-7,10,16H,4-5H2,1-2H3. The average Bonchev–Trinajstić information content (AvgIpc) is 3.00. The van der Waals surface area contributed by atoms with Crippen molar-refractivity contribution in [3.8, 4) is 6.07 Å². The van der Waals surface area contributed by atoms with E-state index in [2.05, 4.69) is 41.2 Å². The summed E-state index contributed by atoms with van der Waals surface area (Å²) in [5.74, 6) is 0.780. The Balaban J connectivity index is 2.16. The maximum atomic E-state index is 8.84. The number of nitrogens with one attached hydrogen (secondary N) is 1. The molecule has 0 radical (unpaired) electrons. The summed E-state index contributed by atoms with van der Waals surface area (Å²) in [5, 5.41) is 12.4. The molecule has 2 rings (SSSR count). The predicted octanol–water partition coefficient (Wildman–Crippen LogP) is 3.92. The number of hydrogen-bond donors (Lipinski definition) is 1. The van der Waals surface area contributed by atoms with Crippen molar-refractivity contribution in [1.82, 2.24) is 0 Å². The van der Waals surface area contributed by atoms with E-state index < -0.39 is 0 Å². The number of nitrogens with zero attached hydrogens (tertiary/aromatic N) is 1. The van der Waals surface area contributed by atoms with Crippen molar-refractivity contribution >= 4 is 21.6 Å². The van der Waals surface area contributed by atoms with E-state index in [1.54, 1.807) is 0 Å². The number of anilines is 1. The minimum Gasteiger partial charge on any atom is -0.380 e. The van der Waals surface area contributed by atoms with Gasteiger partial charge in [0, 0.05) is 15.7 Å². The van der Waals surface area contributed by atoms with Gasteiger partial charge in [0.1, 0.15) is 6.07 Å². The zero-order chi connectivity index (χ0) is 11.8. The van der Waals surface area contributed by atoms with Crippen LogP contribution in [0.3, 0.4) is 0 Å². The Kier molecular flexibility index (Phi) is 2.94. The summed E-state index contributed by atoms with van der Waals surface area (Å²) < 4.78 is 0.853. The van der Waals surface area contributed by atoms with Gasteiger partial charge in [0.25, 0.3) is 0 Å². The highest BCUT2D eigenvalue weighted by Gasteiger charge is 2.37. The highest BCUT2D eigenvalue weighted by molar-refractivity contribution is 9.10. The van der Waals surface area contributed by atoms with Crippen molar-refractivity contribution in [3.63, 3.8) is 0 Å². The van der Waals surface area contributed by atoms with Crippen molar-refractivity contribution in [2.45, 2.75) is 32.2 Å². The summed E-state index contributed by atoms with van der Waals surface area (Å²) in [6.45, 7) is 4.47. The van der Waals surface area contributed by atoms with Gasteiger partial charge in [-0.2, -0.15) is 5.26 Å². The summed E-state index contributed by atoms with van der Waals surface area (Å²) in [5.41, 5.74) is 1.89. The van der Waals surface area contributed by atoms with Gasteiger partial charge in [-0.1, -0.05) is 0 Å². The Morgan fingerprint density at radius 2 is 2.12 bits per heavy atom. The van der Waals surface area contributed by atoms with Crippen LogP contribution in [0.5, 0.6) is 0 Å². The molecule has 0 atom stereocenters. The topological polar surface area (TPSA) is 35.8 Å². The van der Waals surface area contributed by atoms with E-state index in [9.17, 15) is 0 Å². The van der Waals surface area contributed by atoms with Crippen LogP contribution in [-0.4, -0.2) is 5.54 Å². The van der Waals surface area contributed by atoms with Gasteiger partial charge >= 0.3 is 0 Å². The van der Waals surface area contributed by atoms with Crippen LogP contribution in [0.25, 0.3) is 0 Å². The fraction of sp³-hybridized carbons (Fsp3) is 0.462. The third kappa shape index (κ3) is 2.38. The minimum absolute atomic E-state index is 0.146. The molecule has 0 unspecified atom stereocenters. The largest absolute Gasteiger partial charge is 0.380 e. The third-order valence-electron chi connectivity index (χ3n) is 3.15. The van der Waals surface area contributed by atoms with Gasteiger partial charge in [0.2, 0.25) is 0 Å². The van der Waals surface area contributed by atoms with Crippen molar-refractivity contribution < 1.29 is 0 Å². The van der Waals surface area contributed by atoms with Crippen molar-refractivity contribution in [3.05, 3.63) is 28.2 Å². The molecule has 3 heteroatoms. The second-order valence-electron chi connectivity index (χ2n) is 4.93. The van der Waals surface area contributed by atoms with Gasteiger partial charge in [-0.05, 0) is 66.7 Å². The Morgan fingerprint density at radius 3 is 2.62 bits per heavy atom. The molecule has 0 saturated heterocycles. The van der Waals surface area contributed by atoms with E-state index in [1.165, 1.54) is 12.8 Å². The molecule has 0 bridgehead atoms. The highest BCUT2D eigenvalue weighted by Crippen LogP contribution is 2.41. The Labute approximate surface area is 105 Å². The van der Waals surface area contributed by atoms with Gasteiger partial charge in [0.15, 0.2) is 0 Å². The molecule has 2 nitrogen and oxygen atoms in total. The summed E-state index contributed by atoms with van der Waals surface area (Å²) in [7, 11) is 0. The normalized spacial score (nSPS) is 15.6. The van der Waals surface area contributed by atoms with Gasteiger partial charge in [-0.25, -0.2) is 0 Å². The number of hydrogen-bond acceptors (Lipinski definition) is 2. The van der Waals surface area contributed by atoms with E-state index in [1.807, 2.05) is 18.2 Å². The van der Waals surface area contributed by atoms with Crippen LogP contribution in [0.4, 0.5) is 5.69 Å². The average molecular weight is 279 g/mol. The second-order valence-corrected chi connectivity index (χ2v) is 5.78. The molecule has 0 amide bonds. The van der Waals surface area contributed by atoms with Crippen molar-refractivity contribution in [2.24, 2.45) is 5.92 Å². The van der Waals surface area contributed by atoms with Crippen molar-refractivity contribution in [1.29, 1.82) is 5.26 Å². The predicted molar refractivity (Wildman–Crippen MR) is 69.3 cm³/mol. The maximum absolute atomic E-state index is 8.84. The molecule has 1 aromatic carbocycles. The first-order valence-electron chi connectivity index (χ1n) is 5.51. The lowest BCUT2D eigenvalue weighted by Gasteiger charge is -2.27. The molecule has 1 saturated carbocycles. The minimum atomic E-state index is 0.146. The van der Waals surface area contributed by atoms with Crippen LogP contribution in [0.2, 0.25) is 0 Å². The van der Waals surface area contributed by atoms with Crippen molar-refractivity contribution in [2.75, 3.05) is 5.32 Å². The molecule has 0 heterocycles. The monoisotopic (exact) mass is 278 g/mol. The highest BCUT2D eigenvalue weighted by atomic mass is 79.9. The summed E-state index contributed by atoms with van der Waals surface area (Å²) in [4.78, 5) is 0. The Hall–Kier alpha value is -1.01. The lowest BCUT2D eigenvalue weighted by molar-refractivity contribution is 0.494. The van der Waals surface area contributed by atoms with E-state index in [4.69, 9.17) is 5.26 Å². The number of benzene rings is 1. The van der Waals surface area contributed by atoms with Crippen LogP contribution < -0.4 is 5.32 Å². The molecule has 1 aliphatic rings. The lowest BCUT2D eigenvalue weighted by Crippen LogP contribution is -2.33. The van der Waals surface area contributed by atoms with E-state index in [0.717, 1.165) is 16.1 Å². The van der Waals surface area contributed by atoms with E-state index >= 15 is 0 Å². The van der Waals surface area contributed by atoms with Gasteiger partial charge in [-0.3, -0.25) is 0 Å². The summed E-state index contributed by atoms with van der Waals surface area (Å²) in [6.07, 6.45) is 2.63. The Morgan fingerprint density at radius 1 is 1.44 bits per heavy atom. The molecule has 16 heavy (non-hydrogen) atoms. The van der Waals surface area contributed by atoms with Crippen LogP contribution in [0, 0.1) is 17.2 Å². The molecular formula is C13H15BrN2. The molecule has 0 aromatic heterocycles. The first kappa shape index (κ1) is 11.5. The number of rotatable bonds is 3. The SMILES string of the molecule is CC(C)(Nc1ccc(C#N)c(Br)c1)C1CC1. The van der Waals surface area contributed by atoms with Gasteiger partial charge in [-0.15, -0.1) is 0 Å². The molecule has 1 fully saturated rings. The molecule has 1 aromatic rings. The summed E-state index contributed by atoms with van der Waals surface area (Å²) in [6, 6.07) is 7.93.